The summed E-state index contributed by atoms with van der Waals surface area (Å²) in [5.74, 6) is -0.271. The highest BCUT2D eigenvalue weighted by Crippen LogP contribution is 2.46. The monoisotopic (exact) mass is 466 g/mol. The van der Waals surface area contributed by atoms with Crippen LogP contribution < -0.4 is 14.1 Å². The molecule has 0 heterocycles. The van der Waals surface area contributed by atoms with Crippen molar-refractivity contribution in [1.82, 2.24) is 5.09 Å². The molecule has 0 aliphatic heterocycles. The number of rotatable bonds is 8. The van der Waals surface area contributed by atoms with Crippen LogP contribution in [0.15, 0.2) is 53.0 Å². The van der Waals surface area contributed by atoms with Crippen molar-refractivity contribution in [3.8, 4) is 17.6 Å². The van der Waals surface area contributed by atoms with Crippen LogP contribution in [0.4, 0.5) is 0 Å². The fraction of sp³-hybridized carbons (Fsp3) is 0.263. The summed E-state index contributed by atoms with van der Waals surface area (Å²) in [6.07, 6.45) is -0.330. The number of halogens is 1. The summed E-state index contributed by atoms with van der Waals surface area (Å²) >= 11 is 3.27. The van der Waals surface area contributed by atoms with Crippen molar-refractivity contribution >= 4 is 29.6 Å². The molecule has 7 nitrogen and oxygen atoms in total. The number of nitrogens with zero attached hydrogens (tertiary/aromatic N) is 1. The molecule has 2 aromatic rings. The molecular weight excluding hydrogens is 447 g/mol. The fourth-order valence-electron chi connectivity index (χ4n) is 2.11. The molecule has 0 radical (unpaired) electrons. The van der Waals surface area contributed by atoms with E-state index in [0.29, 0.717) is 4.47 Å². The van der Waals surface area contributed by atoms with E-state index in [4.69, 9.17) is 13.8 Å². The zero-order chi connectivity index (χ0) is 20.7. The van der Waals surface area contributed by atoms with E-state index < -0.39 is 19.8 Å². The lowest BCUT2D eigenvalue weighted by Gasteiger charge is -2.24. The Balaban J connectivity index is 2.32. The Morgan fingerprint density at radius 3 is 2.43 bits per heavy atom. The smallest absolute Gasteiger partial charge is 0.462 e. The molecule has 1 N–H and O–H groups in total. The van der Waals surface area contributed by atoms with Crippen molar-refractivity contribution in [1.29, 1.82) is 5.26 Å². The Labute approximate surface area is 172 Å². The number of para-hydroxylation sites is 1. The number of benzene rings is 2. The Hall–Kier alpha value is -2.33. The van der Waals surface area contributed by atoms with Crippen LogP contribution in [-0.4, -0.2) is 18.1 Å². The number of hydrogen-bond acceptors (Lipinski definition) is 6. The first-order chi connectivity index (χ1) is 13.2. The van der Waals surface area contributed by atoms with Gasteiger partial charge >= 0.3 is 13.7 Å². The molecule has 0 saturated heterocycles. The van der Waals surface area contributed by atoms with Crippen LogP contribution in [0.5, 0.6) is 11.5 Å². The topological polar surface area (TPSA) is 97.7 Å². The molecule has 0 aliphatic rings. The molecule has 0 saturated carbocycles. The second-order valence-corrected chi connectivity index (χ2v) is 8.62. The maximum Gasteiger partial charge on any atom is 0.513 e. The predicted molar refractivity (Wildman–Crippen MR) is 108 cm³/mol. The van der Waals surface area contributed by atoms with E-state index in [0.717, 1.165) is 0 Å². The van der Waals surface area contributed by atoms with E-state index in [2.05, 4.69) is 21.0 Å². The van der Waals surface area contributed by atoms with Crippen molar-refractivity contribution in [3.05, 3.63) is 58.6 Å². The molecule has 0 aliphatic carbocycles. The summed E-state index contributed by atoms with van der Waals surface area (Å²) < 4.78 is 30.3. The van der Waals surface area contributed by atoms with Gasteiger partial charge in [-0.1, -0.05) is 34.1 Å². The van der Waals surface area contributed by atoms with Crippen LogP contribution >= 0.6 is 23.7 Å². The highest BCUT2D eigenvalue weighted by molar-refractivity contribution is 9.10. The SMILES string of the molecule is CC(C)OC(=O)[C@H](C)NP(=O)(Oc1ccccc1)Oc1ccc(Br)cc1C#N. The van der Waals surface area contributed by atoms with Crippen molar-refractivity contribution in [2.45, 2.75) is 32.9 Å². The van der Waals surface area contributed by atoms with E-state index in [1.165, 1.54) is 19.1 Å². The van der Waals surface area contributed by atoms with Gasteiger partial charge in [0.05, 0.1) is 11.7 Å². The van der Waals surface area contributed by atoms with Gasteiger partial charge in [0.15, 0.2) is 0 Å². The molecule has 0 fully saturated rings. The average molecular weight is 467 g/mol. The Morgan fingerprint density at radius 2 is 1.82 bits per heavy atom. The van der Waals surface area contributed by atoms with Gasteiger partial charge in [-0.15, -0.1) is 0 Å². The quantitative estimate of drug-likeness (QED) is 0.439. The van der Waals surface area contributed by atoms with Gasteiger partial charge in [-0.3, -0.25) is 4.79 Å². The molecule has 28 heavy (non-hydrogen) atoms. The van der Waals surface area contributed by atoms with Crippen molar-refractivity contribution in [3.63, 3.8) is 0 Å². The van der Waals surface area contributed by atoms with E-state index in [9.17, 15) is 14.6 Å². The Kier molecular flexibility index (Phi) is 7.64. The van der Waals surface area contributed by atoms with Crippen LogP contribution in [0.3, 0.4) is 0 Å². The molecule has 0 amide bonds. The van der Waals surface area contributed by atoms with Gasteiger partial charge < -0.3 is 13.8 Å². The summed E-state index contributed by atoms with van der Waals surface area (Å²) in [4.78, 5) is 12.1. The second kappa shape index (κ2) is 9.74. The van der Waals surface area contributed by atoms with Gasteiger partial charge in [0.2, 0.25) is 0 Å². The largest absolute Gasteiger partial charge is 0.513 e. The molecule has 2 rings (SSSR count). The molecule has 2 aromatic carbocycles. The van der Waals surface area contributed by atoms with Gasteiger partial charge in [0, 0.05) is 4.47 Å². The number of carbonyl (C=O) groups is 1. The lowest BCUT2D eigenvalue weighted by Crippen LogP contribution is -2.36. The van der Waals surface area contributed by atoms with Gasteiger partial charge in [-0.25, -0.2) is 4.57 Å². The minimum atomic E-state index is -4.09. The van der Waals surface area contributed by atoms with Crippen molar-refractivity contribution < 1.29 is 23.1 Å². The van der Waals surface area contributed by atoms with Crippen LogP contribution in [0.2, 0.25) is 0 Å². The third-order valence-corrected chi connectivity index (χ3v) is 5.39. The number of carbonyl (C=O) groups excluding carboxylic acids is 1. The predicted octanol–water partition coefficient (Wildman–Crippen LogP) is 4.82. The molecule has 2 atom stereocenters. The summed E-state index contributed by atoms with van der Waals surface area (Å²) in [5, 5.41) is 11.9. The van der Waals surface area contributed by atoms with Gasteiger partial charge in [-0.2, -0.15) is 10.3 Å². The first-order valence-corrected chi connectivity index (χ1v) is 10.8. The summed E-state index contributed by atoms with van der Waals surface area (Å²) in [7, 11) is -4.09. The van der Waals surface area contributed by atoms with Gasteiger partial charge in [0.1, 0.15) is 23.6 Å². The molecule has 148 valence electrons. The van der Waals surface area contributed by atoms with E-state index in [1.807, 2.05) is 6.07 Å². The third kappa shape index (κ3) is 6.38. The van der Waals surface area contributed by atoms with Crippen LogP contribution in [0, 0.1) is 11.3 Å². The molecule has 0 aromatic heterocycles. The molecule has 0 spiro atoms. The second-order valence-electron chi connectivity index (χ2n) is 6.08. The van der Waals surface area contributed by atoms with Crippen LogP contribution in [-0.2, 0) is 14.1 Å². The maximum atomic E-state index is 13.4. The van der Waals surface area contributed by atoms with Gasteiger partial charge in [0.25, 0.3) is 0 Å². The lowest BCUT2D eigenvalue weighted by molar-refractivity contribution is -0.149. The fourth-order valence-corrected chi connectivity index (χ4v) is 4.02. The first kappa shape index (κ1) is 22.0. The summed E-state index contributed by atoms with van der Waals surface area (Å²) in [6, 6.07) is 14.0. The van der Waals surface area contributed by atoms with Crippen molar-refractivity contribution in [2.24, 2.45) is 0 Å². The normalized spacial score (nSPS) is 13.9. The van der Waals surface area contributed by atoms with Gasteiger partial charge in [-0.05, 0) is 51.1 Å². The third-order valence-electron chi connectivity index (χ3n) is 3.31. The number of esters is 1. The number of nitrogens with one attached hydrogen (secondary N) is 1. The zero-order valence-corrected chi connectivity index (χ0v) is 18.1. The zero-order valence-electron chi connectivity index (χ0n) is 15.6. The Morgan fingerprint density at radius 1 is 1.14 bits per heavy atom. The highest BCUT2D eigenvalue weighted by atomic mass is 79.9. The highest BCUT2D eigenvalue weighted by Gasteiger charge is 2.34. The molecule has 0 bridgehead atoms. The molecular formula is C19H20BrN2O5P. The minimum Gasteiger partial charge on any atom is -0.462 e. The number of ether oxygens (including phenoxy) is 1. The number of hydrogen-bond donors (Lipinski definition) is 1. The van der Waals surface area contributed by atoms with E-state index >= 15 is 0 Å². The van der Waals surface area contributed by atoms with E-state index in [-0.39, 0.29) is 23.2 Å². The summed E-state index contributed by atoms with van der Waals surface area (Å²) in [6.45, 7) is 4.91. The first-order valence-electron chi connectivity index (χ1n) is 8.44. The van der Waals surface area contributed by atoms with Crippen LogP contribution in [0.1, 0.15) is 26.3 Å². The van der Waals surface area contributed by atoms with E-state index in [1.54, 1.807) is 50.2 Å². The molecule has 1 unspecified atom stereocenters. The van der Waals surface area contributed by atoms with Crippen LogP contribution in [0.25, 0.3) is 0 Å². The number of nitriles is 1. The summed E-state index contributed by atoms with van der Waals surface area (Å²) in [5.41, 5.74) is 0.158. The minimum absolute atomic E-state index is 0.0573. The standard InChI is InChI=1S/C19H20BrN2O5P/c1-13(2)25-19(23)14(3)22-28(24,26-17-7-5-4-6-8-17)27-18-10-9-16(20)11-15(18)12-21/h4-11,13-14H,1-3H3,(H,22,24)/t14-,28?/m0/s1. The maximum absolute atomic E-state index is 13.4. The average Bonchev–Trinajstić information content (AvgIpc) is 2.63. The lowest BCUT2D eigenvalue weighted by atomic mass is 10.2. The van der Waals surface area contributed by atoms with Crippen molar-refractivity contribution in [2.75, 3.05) is 0 Å². The Bertz CT molecular complexity index is 914. The molecule has 9 heteroatoms.